The van der Waals surface area contributed by atoms with E-state index in [0.717, 1.165) is 34.5 Å². The van der Waals surface area contributed by atoms with Crippen molar-refractivity contribution in [1.29, 1.82) is 5.41 Å². The molecule has 0 bridgehead atoms. The fraction of sp³-hybridized carbons (Fsp3) is 0.875. The Kier molecular flexibility index (Phi) is 12.6. The molecule has 0 aliphatic rings. The first-order valence-corrected chi connectivity index (χ1v) is 9.04. The maximum absolute atomic E-state index is 7.05. The highest BCUT2D eigenvalue weighted by atomic mass is 32.2. The molecule has 15 heavy (non-hydrogen) atoms. The summed E-state index contributed by atoms with van der Waals surface area (Å²) in [5, 5.41) is 7.88. The summed E-state index contributed by atoms with van der Waals surface area (Å²) >= 11 is 13.8. The van der Waals surface area contributed by atoms with E-state index in [9.17, 15) is 0 Å². The molecule has 0 heterocycles. The number of amidine groups is 1. The first-order valence-electron chi connectivity index (χ1n) is 4.58. The third-order valence-electron chi connectivity index (χ3n) is 1.44. The zero-order valence-corrected chi connectivity index (χ0v) is 12.8. The van der Waals surface area contributed by atoms with Crippen molar-refractivity contribution in [2.24, 2.45) is 5.73 Å². The third-order valence-corrected chi connectivity index (χ3v) is 6.22. The van der Waals surface area contributed by atoms with Crippen LogP contribution in [-0.4, -0.2) is 44.9 Å². The van der Waals surface area contributed by atoms with Crippen molar-refractivity contribution in [2.75, 3.05) is 34.5 Å². The average molecular weight is 303 g/mol. The third kappa shape index (κ3) is 11.5. The van der Waals surface area contributed by atoms with Crippen LogP contribution >= 0.6 is 60.5 Å². The monoisotopic (exact) mass is 302 g/mol. The molecule has 0 rings (SSSR count). The minimum absolute atomic E-state index is 0.214. The fourth-order valence-electron chi connectivity index (χ4n) is 0.798. The van der Waals surface area contributed by atoms with E-state index >= 15 is 0 Å². The Morgan fingerprint density at radius 2 is 2.00 bits per heavy atom. The highest BCUT2D eigenvalue weighted by Gasteiger charge is 2.06. The number of hydrogen-bond donors (Lipinski definition) is 4. The highest BCUT2D eigenvalue weighted by Crippen LogP contribution is 2.18. The van der Waals surface area contributed by atoms with Crippen LogP contribution < -0.4 is 5.73 Å². The molecule has 0 radical (unpaired) electrons. The van der Waals surface area contributed by atoms with E-state index in [0.29, 0.717) is 5.25 Å². The number of thioether (sulfide) groups is 3. The van der Waals surface area contributed by atoms with Crippen LogP contribution in [-0.2, 0) is 0 Å². The van der Waals surface area contributed by atoms with Crippen LogP contribution in [0, 0.1) is 5.41 Å². The van der Waals surface area contributed by atoms with Gasteiger partial charge < -0.3 is 5.73 Å². The first-order chi connectivity index (χ1) is 7.20. The summed E-state index contributed by atoms with van der Waals surface area (Å²) in [4.78, 5) is 0. The zero-order valence-electron chi connectivity index (χ0n) is 8.52. The molecule has 0 spiro atoms. The predicted molar refractivity (Wildman–Crippen MR) is 85.6 cm³/mol. The molecule has 1 unspecified atom stereocenters. The molecular formula is C8H18N2S5. The summed E-state index contributed by atoms with van der Waals surface area (Å²) < 4.78 is 0. The molecule has 1 atom stereocenters. The second-order valence-corrected chi connectivity index (χ2v) is 7.19. The average Bonchev–Trinajstić information content (AvgIpc) is 2.21. The molecular weight excluding hydrogens is 284 g/mol. The van der Waals surface area contributed by atoms with Crippen molar-refractivity contribution in [3.8, 4) is 0 Å². The molecule has 0 fully saturated rings. The minimum atomic E-state index is 0.214. The Hall–Kier alpha value is 1.22. The lowest BCUT2D eigenvalue weighted by atomic mass is 10.5. The van der Waals surface area contributed by atoms with Crippen LogP contribution in [0.3, 0.4) is 0 Å². The molecule has 0 amide bonds. The van der Waals surface area contributed by atoms with Crippen molar-refractivity contribution in [2.45, 2.75) is 5.25 Å². The van der Waals surface area contributed by atoms with E-state index in [4.69, 9.17) is 11.1 Å². The summed E-state index contributed by atoms with van der Waals surface area (Å²) in [6, 6.07) is 0. The summed E-state index contributed by atoms with van der Waals surface area (Å²) in [6.07, 6.45) is 0. The van der Waals surface area contributed by atoms with Gasteiger partial charge in [0.1, 0.15) is 0 Å². The van der Waals surface area contributed by atoms with Gasteiger partial charge in [-0.1, -0.05) is 11.8 Å². The number of thiol groups is 2. The van der Waals surface area contributed by atoms with E-state index < -0.39 is 0 Å². The standard InChI is InChI=1S/C8H18N2S5/c9-8(10)15-4-3-13-6-7(5-12)14-2-1-11/h7,11-12H,1-6H2,(H3,9,10). The van der Waals surface area contributed by atoms with Crippen molar-refractivity contribution >= 4 is 65.7 Å². The van der Waals surface area contributed by atoms with Gasteiger partial charge in [0.25, 0.3) is 0 Å². The minimum Gasteiger partial charge on any atom is -0.379 e. The Balaban J connectivity index is 3.33. The highest BCUT2D eigenvalue weighted by molar-refractivity contribution is 8.14. The van der Waals surface area contributed by atoms with Gasteiger partial charge in [0.2, 0.25) is 0 Å². The van der Waals surface area contributed by atoms with Crippen LogP contribution in [0.25, 0.3) is 0 Å². The number of nitrogens with one attached hydrogen (secondary N) is 1. The number of rotatable bonds is 9. The quantitative estimate of drug-likeness (QED) is 0.228. The summed E-state index contributed by atoms with van der Waals surface area (Å²) in [5.41, 5.74) is 5.24. The van der Waals surface area contributed by atoms with Crippen LogP contribution in [0.5, 0.6) is 0 Å². The fourth-order valence-corrected chi connectivity index (χ4v) is 4.52. The van der Waals surface area contributed by atoms with Crippen molar-refractivity contribution in [3.63, 3.8) is 0 Å². The van der Waals surface area contributed by atoms with E-state index in [-0.39, 0.29) is 5.17 Å². The number of hydrogen-bond acceptors (Lipinski definition) is 6. The van der Waals surface area contributed by atoms with E-state index in [1.54, 1.807) is 0 Å². The molecule has 0 saturated carbocycles. The lowest BCUT2D eigenvalue weighted by Gasteiger charge is -2.12. The van der Waals surface area contributed by atoms with Crippen molar-refractivity contribution < 1.29 is 0 Å². The maximum atomic E-state index is 7.05. The predicted octanol–water partition coefficient (Wildman–Crippen LogP) is 2.31. The first kappa shape index (κ1) is 16.2. The van der Waals surface area contributed by atoms with Crippen LogP contribution in [0.2, 0.25) is 0 Å². The second kappa shape index (κ2) is 11.7. The molecule has 0 aliphatic heterocycles. The van der Waals surface area contributed by atoms with E-state index in [1.807, 2.05) is 23.5 Å². The SMILES string of the molecule is N=C(N)SCCSCC(CS)SCCS. The summed E-state index contributed by atoms with van der Waals surface area (Å²) in [5.74, 6) is 6.05. The van der Waals surface area contributed by atoms with Gasteiger partial charge in [-0.3, -0.25) is 5.41 Å². The normalized spacial score (nSPS) is 12.7. The van der Waals surface area contributed by atoms with Gasteiger partial charge in [-0.25, -0.2) is 0 Å². The van der Waals surface area contributed by atoms with Crippen LogP contribution in [0.15, 0.2) is 0 Å². The maximum Gasteiger partial charge on any atom is 0.151 e. The largest absolute Gasteiger partial charge is 0.379 e. The van der Waals surface area contributed by atoms with Gasteiger partial charge in [-0.05, 0) is 5.75 Å². The number of nitrogens with two attached hydrogens (primary N) is 1. The Labute approximate surface area is 116 Å². The molecule has 2 nitrogen and oxygen atoms in total. The molecule has 3 N–H and O–H groups in total. The Morgan fingerprint density at radius 1 is 1.27 bits per heavy atom. The lowest BCUT2D eigenvalue weighted by molar-refractivity contribution is 1.15. The molecule has 0 aromatic rings. The molecule has 90 valence electrons. The lowest BCUT2D eigenvalue weighted by Crippen LogP contribution is -2.11. The Morgan fingerprint density at radius 3 is 2.53 bits per heavy atom. The van der Waals surface area contributed by atoms with Gasteiger partial charge in [-0.15, -0.1) is 0 Å². The van der Waals surface area contributed by atoms with Crippen molar-refractivity contribution in [3.05, 3.63) is 0 Å². The van der Waals surface area contributed by atoms with Crippen LogP contribution in [0.1, 0.15) is 0 Å². The summed E-state index contributed by atoms with van der Waals surface area (Å²) in [7, 11) is 0. The smallest absolute Gasteiger partial charge is 0.151 e. The molecule has 0 saturated heterocycles. The zero-order chi connectivity index (χ0) is 11.5. The van der Waals surface area contributed by atoms with Gasteiger partial charge in [-0.2, -0.15) is 48.8 Å². The Bertz CT molecular complexity index is 167. The van der Waals surface area contributed by atoms with Crippen LogP contribution in [0.4, 0.5) is 0 Å². The van der Waals surface area contributed by atoms with Gasteiger partial charge in [0.05, 0.1) is 0 Å². The van der Waals surface area contributed by atoms with Gasteiger partial charge in [0, 0.05) is 34.0 Å². The summed E-state index contributed by atoms with van der Waals surface area (Å²) in [6.45, 7) is 0. The van der Waals surface area contributed by atoms with Crippen molar-refractivity contribution in [1.82, 2.24) is 0 Å². The van der Waals surface area contributed by atoms with Gasteiger partial charge in [0.15, 0.2) is 5.17 Å². The molecule has 0 aliphatic carbocycles. The molecule has 0 aromatic heterocycles. The topological polar surface area (TPSA) is 49.9 Å². The second-order valence-electron chi connectivity index (χ2n) is 2.69. The van der Waals surface area contributed by atoms with E-state index in [1.165, 1.54) is 11.8 Å². The van der Waals surface area contributed by atoms with Gasteiger partial charge >= 0.3 is 0 Å². The molecule has 7 heteroatoms. The van der Waals surface area contributed by atoms with E-state index in [2.05, 4.69) is 25.3 Å². The molecule has 0 aromatic carbocycles.